The molecule has 88 valence electrons. The molecule has 16 heavy (non-hydrogen) atoms. The fraction of sp³-hybridized carbons (Fsp3) is 0.538. The molecule has 3 N–H and O–H groups in total. The van der Waals surface area contributed by atoms with Crippen molar-refractivity contribution in [1.29, 1.82) is 0 Å². The number of benzene rings is 1. The fourth-order valence-corrected chi connectivity index (χ4v) is 2.40. The first-order valence-corrected chi connectivity index (χ1v) is 6.49. The number of phenolic OH excluding ortho intramolecular Hbond substituents is 1. The number of halogens is 1. The van der Waals surface area contributed by atoms with Crippen LogP contribution in [0.15, 0.2) is 10.5 Å². The van der Waals surface area contributed by atoms with Crippen LogP contribution in [0, 0.1) is 13.8 Å². The summed E-state index contributed by atoms with van der Waals surface area (Å²) in [6.07, 6.45) is 4.28. The molecule has 0 amide bonds. The quantitative estimate of drug-likeness (QED) is 0.895. The maximum Gasteiger partial charge on any atom is 0.133 e. The van der Waals surface area contributed by atoms with Crippen molar-refractivity contribution in [1.82, 2.24) is 0 Å². The van der Waals surface area contributed by atoms with Gasteiger partial charge in [0.25, 0.3) is 0 Å². The van der Waals surface area contributed by atoms with Crippen molar-refractivity contribution in [2.75, 3.05) is 0 Å². The Hall–Kier alpha value is -0.540. The zero-order valence-corrected chi connectivity index (χ0v) is 11.4. The molecule has 0 radical (unpaired) electrons. The standard InChI is InChI=1S/C13H18BrNO/c1-8-7-10(3-4-13(15)5-6-13)9(2)12(16)11(8)14/h7,16H,3-6,15H2,1-2H3. The lowest BCUT2D eigenvalue weighted by Crippen LogP contribution is -2.22. The van der Waals surface area contributed by atoms with E-state index in [1.807, 2.05) is 13.8 Å². The molecule has 3 heteroatoms. The van der Waals surface area contributed by atoms with Crippen LogP contribution < -0.4 is 5.73 Å². The maximum atomic E-state index is 9.93. The molecule has 1 fully saturated rings. The molecular formula is C13H18BrNO. The van der Waals surface area contributed by atoms with E-state index in [-0.39, 0.29) is 5.54 Å². The number of aryl methyl sites for hydroxylation is 2. The summed E-state index contributed by atoms with van der Waals surface area (Å²) in [7, 11) is 0. The van der Waals surface area contributed by atoms with Crippen molar-refractivity contribution >= 4 is 15.9 Å². The molecule has 0 heterocycles. The van der Waals surface area contributed by atoms with Crippen LogP contribution in [0.5, 0.6) is 5.75 Å². The minimum absolute atomic E-state index is 0.0863. The Kier molecular flexibility index (Phi) is 3.01. The molecule has 1 saturated carbocycles. The summed E-state index contributed by atoms with van der Waals surface area (Å²) in [6.45, 7) is 3.97. The summed E-state index contributed by atoms with van der Waals surface area (Å²) < 4.78 is 0.808. The molecule has 1 aromatic rings. The van der Waals surface area contributed by atoms with E-state index in [1.165, 1.54) is 5.56 Å². The number of hydrogen-bond donors (Lipinski definition) is 2. The van der Waals surface area contributed by atoms with Gasteiger partial charge in [-0.1, -0.05) is 6.07 Å². The van der Waals surface area contributed by atoms with Crippen molar-refractivity contribution in [3.63, 3.8) is 0 Å². The molecule has 0 saturated heterocycles. The van der Waals surface area contributed by atoms with E-state index >= 15 is 0 Å². The van der Waals surface area contributed by atoms with Gasteiger partial charge in [0.1, 0.15) is 5.75 Å². The lowest BCUT2D eigenvalue weighted by atomic mass is 9.97. The molecule has 0 atom stereocenters. The van der Waals surface area contributed by atoms with Crippen molar-refractivity contribution in [2.24, 2.45) is 5.73 Å². The molecule has 0 bridgehead atoms. The summed E-state index contributed by atoms with van der Waals surface area (Å²) >= 11 is 3.39. The Morgan fingerprint density at radius 1 is 1.44 bits per heavy atom. The average molecular weight is 284 g/mol. The first kappa shape index (κ1) is 11.9. The van der Waals surface area contributed by atoms with Gasteiger partial charge < -0.3 is 10.8 Å². The summed E-state index contributed by atoms with van der Waals surface area (Å²) in [5.41, 5.74) is 9.44. The van der Waals surface area contributed by atoms with Crippen LogP contribution in [0.25, 0.3) is 0 Å². The number of hydrogen-bond acceptors (Lipinski definition) is 2. The highest BCUT2D eigenvalue weighted by atomic mass is 79.9. The van der Waals surface area contributed by atoms with Crippen LogP contribution in [0.1, 0.15) is 36.0 Å². The molecule has 1 aliphatic carbocycles. The zero-order valence-electron chi connectivity index (χ0n) is 9.81. The van der Waals surface area contributed by atoms with Gasteiger partial charge in [-0.3, -0.25) is 0 Å². The van der Waals surface area contributed by atoms with Crippen molar-refractivity contribution in [3.05, 3.63) is 27.2 Å². The summed E-state index contributed by atoms with van der Waals surface area (Å²) in [6, 6.07) is 2.14. The van der Waals surface area contributed by atoms with Gasteiger partial charge >= 0.3 is 0 Å². The second-order valence-electron chi connectivity index (χ2n) is 5.00. The van der Waals surface area contributed by atoms with Crippen molar-refractivity contribution in [2.45, 2.75) is 45.1 Å². The fourth-order valence-electron chi connectivity index (χ4n) is 1.99. The number of nitrogens with two attached hydrogens (primary N) is 1. The highest BCUT2D eigenvalue weighted by Crippen LogP contribution is 2.38. The van der Waals surface area contributed by atoms with Crippen LogP contribution in [0.4, 0.5) is 0 Å². The van der Waals surface area contributed by atoms with Crippen molar-refractivity contribution in [3.8, 4) is 5.75 Å². The number of phenols is 1. The second kappa shape index (κ2) is 4.04. The lowest BCUT2D eigenvalue weighted by Gasteiger charge is -2.14. The van der Waals surface area contributed by atoms with E-state index < -0.39 is 0 Å². The zero-order chi connectivity index (χ0) is 11.9. The normalized spacial score (nSPS) is 17.5. The average Bonchev–Trinajstić information content (AvgIpc) is 2.98. The molecule has 0 aliphatic heterocycles. The van der Waals surface area contributed by atoms with Gasteiger partial charge in [0.05, 0.1) is 4.47 Å². The highest BCUT2D eigenvalue weighted by Gasteiger charge is 2.37. The van der Waals surface area contributed by atoms with E-state index in [1.54, 1.807) is 0 Å². The SMILES string of the molecule is Cc1cc(CCC2(N)CC2)c(C)c(O)c1Br. The highest BCUT2D eigenvalue weighted by molar-refractivity contribution is 9.10. The predicted molar refractivity (Wildman–Crippen MR) is 69.8 cm³/mol. The molecule has 0 unspecified atom stereocenters. The first-order valence-electron chi connectivity index (χ1n) is 5.69. The minimum Gasteiger partial charge on any atom is -0.506 e. The lowest BCUT2D eigenvalue weighted by molar-refractivity contribution is 0.465. The Balaban J connectivity index is 2.20. The van der Waals surface area contributed by atoms with E-state index in [2.05, 4.69) is 22.0 Å². The minimum atomic E-state index is 0.0863. The van der Waals surface area contributed by atoms with E-state index in [4.69, 9.17) is 5.73 Å². The van der Waals surface area contributed by atoms with Gasteiger partial charge in [-0.05, 0) is 72.2 Å². The Bertz CT molecular complexity index is 424. The van der Waals surface area contributed by atoms with E-state index in [0.29, 0.717) is 5.75 Å². The van der Waals surface area contributed by atoms with Gasteiger partial charge in [0.2, 0.25) is 0 Å². The summed E-state index contributed by atoms with van der Waals surface area (Å²) in [4.78, 5) is 0. The van der Waals surface area contributed by atoms with Crippen LogP contribution in [-0.4, -0.2) is 10.6 Å². The predicted octanol–water partition coefficient (Wildman–Crippen LogP) is 3.20. The van der Waals surface area contributed by atoms with E-state index in [9.17, 15) is 5.11 Å². The Morgan fingerprint density at radius 2 is 2.06 bits per heavy atom. The third kappa shape index (κ3) is 2.25. The largest absolute Gasteiger partial charge is 0.506 e. The summed E-state index contributed by atoms with van der Waals surface area (Å²) in [5.74, 6) is 0.372. The second-order valence-corrected chi connectivity index (χ2v) is 5.80. The summed E-state index contributed by atoms with van der Waals surface area (Å²) in [5, 5.41) is 9.93. The van der Waals surface area contributed by atoms with Gasteiger partial charge in [-0.25, -0.2) is 0 Å². The van der Waals surface area contributed by atoms with Crippen LogP contribution in [-0.2, 0) is 6.42 Å². The van der Waals surface area contributed by atoms with E-state index in [0.717, 1.165) is 41.3 Å². The number of rotatable bonds is 3. The van der Waals surface area contributed by atoms with Crippen LogP contribution in [0.3, 0.4) is 0 Å². The van der Waals surface area contributed by atoms with Gasteiger partial charge in [-0.15, -0.1) is 0 Å². The molecule has 1 aromatic carbocycles. The third-order valence-electron chi connectivity index (χ3n) is 3.57. The smallest absolute Gasteiger partial charge is 0.133 e. The van der Waals surface area contributed by atoms with Crippen LogP contribution in [0.2, 0.25) is 0 Å². The molecule has 2 rings (SSSR count). The van der Waals surface area contributed by atoms with Gasteiger partial charge in [0.15, 0.2) is 0 Å². The number of aromatic hydroxyl groups is 1. The first-order chi connectivity index (χ1) is 7.43. The van der Waals surface area contributed by atoms with Crippen molar-refractivity contribution < 1.29 is 5.11 Å². The topological polar surface area (TPSA) is 46.2 Å². The van der Waals surface area contributed by atoms with Gasteiger partial charge in [0, 0.05) is 5.54 Å². The van der Waals surface area contributed by atoms with Gasteiger partial charge in [-0.2, -0.15) is 0 Å². The monoisotopic (exact) mass is 283 g/mol. The Labute approximate surface area is 105 Å². The molecule has 0 aromatic heterocycles. The molecule has 0 spiro atoms. The molecule has 2 nitrogen and oxygen atoms in total. The Morgan fingerprint density at radius 3 is 2.62 bits per heavy atom. The third-order valence-corrected chi connectivity index (χ3v) is 4.57. The molecular weight excluding hydrogens is 266 g/mol. The molecule has 1 aliphatic rings. The van der Waals surface area contributed by atoms with Crippen LogP contribution >= 0.6 is 15.9 Å². The maximum absolute atomic E-state index is 9.93.